The fourth-order valence-corrected chi connectivity index (χ4v) is 1.92. The molecule has 1 heterocycles. The first kappa shape index (κ1) is 15.2. The number of para-hydroxylation sites is 2. The number of ether oxygens (including phenoxy) is 2. The number of carbonyl (C=O) groups excluding carboxylic acids is 2. The highest BCUT2D eigenvalue weighted by atomic mass is 16.6. The van der Waals surface area contributed by atoms with Gasteiger partial charge in [-0.25, -0.2) is 0 Å². The normalized spacial score (nSPS) is 17.7. The van der Waals surface area contributed by atoms with Gasteiger partial charge in [0.1, 0.15) is 12.6 Å². The molecule has 0 saturated carbocycles. The molecule has 21 heavy (non-hydrogen) atoms. The van der Waals surface area contributed by atoms with Crippen LogP contribution >= 0.6 is 0 Å². The van der Waals surface area contributed by atoms with E-state index in [1.807, 2.05) is 19.1 Å². The summed E-state index contributed by atoms with van der Waals surface area (Å²) >= 11 is 0. The average molecular weight is 292 g/mol. The van der Waals surface area contributed by atoms with E-state index in [9.17, 15) is 9.59 Å². The van der Waals surface area contributed by atoms with E-state index in [2.05, 4.69) is 10.6 Å². The Kier molecular flexibility index (Phi) is 5.03. The summed E-state index contributed by atoms with van der Waals surface area (Å²) in [5.74, 6) is 0.591. The summed E-state index contributed by atoms with van der Waals surface area (Å²) in [5, 5.41) is 5.36. The number of benzene rings is 1. The first-order valence-electron chi connectivity index (χ1n) is 7.08. The Labute approximate surface area is 123 Å². The van der Waals surface area contributed by atoms with Gasteiger partial charge in [0.2, 0.25) is 12.0 Å². The molecule has 1 aliphatic heterocycles. The summed E-state index contributed by atoms with van der Waals surface area (Å²) in [4.78, 5) is 23.8. The molecule has 0 aliphatic carbocycles. The summed E-state index contributed by atoms with van der Waals surface area (Å²) in [6.45, 7) is 4.33. The lowest BCUT2D eigenvalue weighted by Crippen LogP contribution is -2.51. The lowest BCUT2D eigenvalue weighted by Gasteiger charge is -2.26. The number of carbonyl (C=O) groups is 2. The Hall–Kier alpha value is -2.24. The molecule has 1 aromatic rings. The van der Waals surface area contributed by atoms with Crippen LogP contribution in [-0.2, 0) is 9.59 Å². The maximum absolute atomic E-state index is 12.1. The zero-order valence-corrected chi connectivity index (χ0v) is 12.2. The number of fused-ring (bicyclic) bond motifs is 1. The molecule has 114 valence electrons. The molecule has 6 nitrogen and oxygen atoms in total. The maximum Gasteiger partial charge on any atom is 0.265 e. The maximum atomic E-state index is 12.1. The van der Waals surface area contributed by atoms with E-state index in [4.69, 9.17) is 9.47 Å². The second-order valence-electron chi connectivity index (χ2n) is 4.89. The highest BCUT2D eigenvalue weighted by Gasteiger charge is 2.29. The fraction of sp³-hybridized carbons (Fsp3) is 0.467. The van der Waals surface area contributed by atoms with Gasteiger partial charge in [-0.1, -0.05) is 19.1 Å². The Morgan fingerprint density at radius 2 is 2.05 bits per heavy atom. The number of rotatable bonds is 5. The molecule has 0 spiro atoms. The monoisotopic (exact) mass is 292 g/mol. The summed E-state index contributed by atoms with van der Waals surface area (Å²) in [7, 11) is 0. The molecule has 0 unspecified atom stereocenters. The van der Waals surface area contributed by atoms with E-state index in [0.29, 0.717) is 18.0 Å². The third-order valence-corrected chi connectivity index (χ3v) is 3.10. The van der Waals surface area contributed by atoms with Crippen LogP contribution in [0.15, 0.2) is 24.3 Å². The number of hydrogen-bond donors (Lipinski definition) is 2. The van der Waals surface area contributed by atoms with Crippen molar-refractivity contribution < 1.29 is 19.1 Å². The van der Waals surface area contributed by atoms with Crippen LogP contribution in [0.3, 0.4) is 0 Å². The largest absolute Gasteiger partial charge is 0.485 e. The van der Waals surface area contributed by atoms with Crippen LogP contribution in [0.5, 0.6) is 11.5 Å². The molecule has 0 saturated heterocycles. The van der Waals surface area contributed by atoms with E-state index >= 15 is 0 Å². The van der Waals surface area contributed by atoms with Gasteiger partial charge in [0.15, 0.2) is 11.5 Å². The predicted molar refractivity (Wildman–Crippen MR) is 77.3 cm³/mol. The van der Waals surface area contributed by atoms with Gasteiger partial charge in [0.25, 0.3) is 5.91 Å². The van der Waals surface area contributed by atoms with E-state index < -0.39 is 12.1 Å². The van der Waals surface area contributed by atoms with Crippen molar-refractivity contribution in [2.45, 2.75) is 32.4 Å². The van der Waals surface area contributed by atoms with Crippen LogP contribution in [0.25, 0.3) is 0 Å². The minimum absolute atomic E-state index is 0.131. The van der Waals surface area contributed by atoms with Gasteiger partial charge in [-0.3, -0.25) is 9.59 Å². The molecule has 1 aliphatic rings. The number of nitrogens with one attached hydrogen (secondary N) is 2. The lowest BCUT2D eigenvalue weighted by atomic mass is 10.2. The highest BCUT2D eigenvalue weighted by molar-refractivity contribution is 5.89. The quantitative estimate of drug-likeness (QED) is 0.844. The van der Waals surface area contributed by atoms with Crippen molar-refractivity contribution >= 4 is 11.8 Å². The SMILES string of the molecule is CCCNC(=O)[C@@H](C)NC(=O)[C@@H]1COc2ccccc2O1. The van der Waals surface area contributed by atoms with E-state index in [0.717, 1.165) is 6.42 Å². The topological polar surface area (TPSA) is 76.7 Å². The van der Waals surface area contributed by atoms with Crippen LogP contribution in [0.1, 0.15) is 20.3 Å². The third kappa shape index (κ3) is 3.87. The molecule has 0 radical (unpaired) electrons. The molecule has 0 fully saturated rings. The standard InChI is InChI=1S/C15H20N2O4/c1-3-8-16-14(18)10(2)17-15(19)13-9-20-11-6-4-5-7-12(11)21-13/h4-7,10,13H,3,8-9H2,1-2H3,(H,16,18)(H,17,19)/t10-,13+/m1/s1. The Morgan fingerprint density at radius 3 is 2.76 bits per heavy atom. The van der Waals surface area contributed by atoms with Gasteiger partial charge in [-0.05, 0) is 25.5 Å². The molecule has 2 amide bonds. The smallest absolute Gasteiger partial charge is 0.265 e. The van der Waals surface area contributed by atoms with Crippen molar-refractivity contribution in [1.82, 2.24) is 10.6 Å². The molecule has 2 atom stereocenters. The second kappa shape index (κ2) is 6.97. The van der Waals surface area contributed by atoms with Gasteiger partial charge in [-0.15, -0.1) is 0 Å². The summed E-state index contributed by atoms with van der Waals surface area (Å²) in [6.07, 6.45) is 0.101. The van der Waals surface area contributed by atoms with E-state index in [-0.39, 0.29) is 18.4 Å². The molecule has 2 rings (SSSR count). The molecule has 0 bridgehead atoms. The molecule has 6 heteroatoms. The molecule has 0 aromatic heterocycles. The highest BCUT2D eigenvalue weighted by Crippen LogP contribution is 2.30. The minimum atomic E-state index is -0.749. The molecular weight excluding hydrogens is 272 g/mol. The van der Waals surface area contributed by atoms with Crippen molar-refractivity contribution in [2.75, 3.05) is 13.2 Å². The van der Waals surface area contributed by atoms with Crippen molar-refractivity contribution in [3.8, 4) is 11.5 Å². The van der Waals surface area contributed by atoms with Gasteiger partial charge in [0, 0.05) is 6.54 Å². The van der Waals surface area contributed by atoms with Crippen molar-refractivity contribution in [2.24, 2.45) is 0 Å². The molecule has 2 N–H and O–H groups in total. The van der Waals surface area contributed by atoms with Gasteiger partial charge in [-0.2, -0.15) is 0 Å². The lowest BCUT2D eigenvalue weighted by molar-refractivity contribution is -0.134. The average Bonchev–Trinajstić information content (AvgIpc) is 2.51. The Bertz CT molecular complexity index is 518. The zero-order valence-electron chi connectivity index (χ0n) is 12.2. The summed E-state index contributed by atoms with van der Waals surface area (Å²) < 4.78 is 11.1. The minimum Gasteiger partial charge on any atom is -0.485 e. The van der Waals surface area contributed by atoms with Crippen LogP contribution < -0.4 is 20.1 Å². The molecular formula is C15H20N2O4. The Balaban J connectivity index is 1.88. The third-order valence-electron chi connectivity index (χ3n) is 3.10. The van der Waals surface area contributed by atoms with E-state index in [1.54, 1.807) is 19.1 Å². The van der Waals surface area contributed by atoms with Gasteiger partial charge >= 0.3 is 0 Å². The van der Waals surface area contributed by atoms with Crippen LogP contribution in [0.4, 0.5) is 0 Å². The molecule has 1 aromatic carbocycles. The second-order valence-corrected chi connectivity index (χ2v) is 4.89. The van der Waals surface area contributed by atoms with Crippen molar-refractivity contribution in [1.29, 1.82) is 0 Å². The zero-order chi connectivity index (χ0) is 15.2. The first-order valence-corrected chi connectivity index (χ1v) is 7.08. The van der Waals surface area contributed by atoms with Crippen molar-refractivity contribution in [3.05, 3.63) is 24.3 Å². The summed E-state index contributed by atoms with van der Waals surface area (Å²) in [6, 6.07) is 6.56. The fourth-order valence-electron chi connectivity index (χ4n) is 1.92. The van der Waals surface area contributed by atoms with Gasteiger partial charge in [0.05, 0.1) is 0 Å². The van der Waals surface area contributed by atoms with Crippen LogP contribution in [0, 0.1) is 0 Å². The van der Waals surface area contributed by atoms with Gasteiger partial charge < -0.3 is 20.1 Å². The predicted octanol–water partition coefficient (Wildman–Crippen LogP) is 0.857. The van der Waals surface area contributed by atoms with E-state index in [1.165, 1.54) is 0 Å². The van der Waals surface area contributed by atoms with Crippen molar-refractivity contribution in [3.63, 3.8) is 0 Å². The van der Waals surface area contributed by atoms with Crippen LogP contribution in [-0.4, -0.2) is 37.1 Å². The summed E-state index contributed by atoms with van der Waals surface area (Å²) in [5.41, 5.74) is 0. The van der Waals surface area contributed by atoms with Crippen LogP contribution in [0.2, 0.25) is 0 Å². The number of hydrogen-bond acceptors (Lipinski definition) is 4. The number of amides is 2. The Morgan fingerprint density at radius 1 is 1.33 bits per heavy atom. The first-order chi connectivity index (χ1) is 10.1.